The SMILES string of the molecule is CCOC(=O)C(=O)CC(=O)CC[C@@H](C)[C@H]1CC[C@H]2[C@@H]3C(OC4CCCCO4)[C@H](CC)[C@@H]4C[C@H](OC5CCCCO5)CC[C@]4(C)[C@H]3CC[C@]12C. The summed E-state index contributed by atoms with van der Waals surface area (Å²) in [7, 11) is 0. The zero-order valence-corrected chi connectivity index (χ0v) is 31.3. The zero-order chi connectivity index (χ0) is 34.8. The van der Waals surface area contributed by atoms with Crippen LogP contribution < -0.4 is 0 Å². The van der Waals surface area contributed by atoms with Crippen LogP contribution in [0.2, 0.25) is 0 Å². The minimum atomic E-state index is -0.893. The van der Waals surface area contributed by atoms with E-state index in [4.69, 9.17) is 23.7 Å². The highest BCUT2D eigenvalue weighted by Gasteiger charge is 2.65. The van der Waals surface area contributed by atoms with Gasteiger partial charge in [0.2, 0.25) is 5.78 Å². The van der Waals surface area contributed by atoms with Crippen LogP contribution in [-0.2, 0) is 38.1 Å². The number of ketones is 2. The summed E-state index contributed by atoms with van der Waals surface area (Å²) >= 11 is 0. The van der Waals surface area contributed by atoms with Crippen LogP contribution in [0, 0.1) is 52.3 Å². The molecule has 6 fully saturated rings. The van der Waals surface area contributed by atoms with E-state index in [9.17, 15) is 14.4 Å². The van der Waals surface area contributed by atoms with E-state index in [0.717, 1.165) is 64.6 Å². The Bertz CT molecular complexity index is 1140. The van der Waals surface area contributed by atoms with Gasteiger partial charge < -0.3 is 23.7 Å². The molecule has 278 valence electrons. The summed E-state index contributed by atoms with van der Waals surface area (Å²) in [6.07, 6.45) is 17.1. The van der Waals surface area contributed by atoms with Gasteiger partial charge in [-0.25, -0.2) is 4.79 Å². The molecule has 8 heteroatoms. The fourth-order valence-electron chi connectivity index (χ4n) is 12.4. The molecule has 2 aliphatic heterocycles. The van der Waals surface area contributed by atoms with Gasteiger partial charge in [0.1, 0.15) is 5.78 Å². The van der Waals surface area contributed by atoms with Crippen molar-refractivity contribution in [3.05, 3.63) is 0 Å². The van der Waals surface area contributed by atoms with Gasteiger partial charge in [-0.2, -0.15) is 0 Å². The summed E-state index contributed by atoms with van der Waals surface area (Å²) in [5, 5.41) is 0. The van der Waals surface area contributed by atoms with Gasteiger partial charge in [0.05, 0.1) is 25.2 Å². The Morgan fingerprint density at radius 1 is 0.796 bits per heavy atom. The third-order valence-electron chi connectivity index (χ3n) is 14.8. The third-order valence-corrected chi connectivity index (χ3v) is 14.8. The van der Waals surface area contributed by atoms with E-state index in [-0.39, 0.29) is 54.4 Å². The summed E-state index contributed by atoms with van der Waals surface area (Å²) in [6.45, 7) is 13.3. The quantitative estimate of drug-likeness (QED) is 0.0828. The molecule has 6 rings (SSSR count). The van der Waals surface area contributed by atoms with Gasteiger partial charge >= 0.3 is 5.97 Å². The lowest BCUT2D eigenvalue weighted by atomic mass is 9.41. The second kappa shape index (κ2) is 16.1. The van der Waals surface area contributed by atoms with Crippen molar-refractivity contribution in [3.8, 4) is 0 Å². The maximum Gasteiger partial charge on any atom is 0.375 e. The van der Waals surface area contributed by atoms with Gasteiger partial charge in [-0.15, -0.1) is 0 Å². The molecule has 0 aromatic rings. The molecular formula is C41H66O8. The summed E-state index contributed by atoms with van der Waals surface area (Å²) in [5.41, 5.74) is 0.467. The van der Waals surface area contributed by atoms with Crippen LogP contribution in [0.3, 0.4) is 0 Å². The van der Waals surface area contributed by atoms with Gasteiger partial charge in [0.25, 0.3) is 0 Å². The first-order valence-corrected chi connectivity index (χ1v) is 20.3. The minimum Gasteiger partial charge on any atom is -0.460 e. The lowest BCUT2D eigenvalue weighted by molar-refractivity contribution is -0.278. The smallest absolute Gasteiger partial charge is 0.375 e. The number of rotatable bonds is 13. The Labute approximate surface area is 295 Å². The topological polar surface area (TPSA) is 97.4 Å². The Hall–Kier alpha value is -1.35. The van der Waals surface area contributed by atoms with Crippen molar-refractivity contribution in [2.75, 3.05) is 19.8 Å². The highest BCUT2D eigenvalue weighted by atomic mass is 16.7. The average Bonchev–Trinajstić information content (AvgIpc) is 3.46. The Morgan fingerprint density at radius 2 is 1.47 bits per heavy atom. The van der Waals surface area contributed by atoms with Crippen molar-refractivity contribution in [1.82, 2.24) is 0 Å². The molecule has 2 heterocycles. The van der Waals surface area contributed by atoms with Crippen LogP contribution >= 0.6 is 0 Å². The fourth-order valence-corrected chi connectivity index (χ4v) is 12.4. The van der Waals surface area contributed by atoms with E-state index in [1.54, 1.807) is 6.92 Å². The second-order valence-corrected chi connectivity index (χ2v) is 17.3. The molecule has 0 spiro atoms. The first-order valence-electron chi connectivity index (χ1n) is 20.3. The van der Waals surface area contributed by atoms with Crippen molar-refractivity contribution < 1.29 is 38.1 Å². The van der Waals surface area contributed by atoms with Crippen LogP contribution in [-0.4, -0.2) is 62.1 Å². The highest BCUT2D eigenvalue weighted by Crippen LogP contribution is 2.70. The molecule has 8 nitrogen and oxygen atoms in total. The molecule has 0 N–H and O–H groups in total. The predicted molar refractivity (Wildman–Crippen MR) is 186 cm³/mol. The van der Waals surface area contributed by atoms with Gasteiger partial charge in [-0.3, -0.25) is 9.59 Å². The molecule has 13 atom stereocenters. The van der Waals surface area contributed by atoms with Crippen LogP contribution in [0.4, 0.5) is 0 Å². The number of ether oxygens (including phenoxy) is 5. The van der Waals surface area contributed by atoms with E-state index in [2.05, 4.69) is 27.7 Å². The highest BCUT2D eigenvalue weighted by molar-refractivity contribution is 6.37. The molecule has 2 saturated heterocycles. The molecule has 0 amide bonds. The van der Waals surface area contributed by atoms with E-state index in [1.807, 2.05) is 0 Å². The van der Waals surface area contributed by atoms with Crippen molar-refractivity contribution >= 4 is 17.5 Å². The van der Waals surface area contributed by atoms with E-state index in [1.165, 1.54) is 44.9 Å². The molecule has 0 aromatic carbocycles. The van der Waals surface area contributed by atoms with Crippen LogP contribution in [0.5, 0.6) is 0 Å². The first kappa shape index (κ1) is 37.4. The second-order valence-electron chi connectivity index (χ2n) is 17.3. The largest absolute Gasteiger partial charge is 0.460 e. The first-order chi connectivity index (χ1) is 23.6. The summed E-state index contributed by atoms with van der Waals surface area (Å²) in [5.74, 6) is 1.90. The van der Waals surface area contributed by atoms with E-state index < -0.39 is 11.8 Å². The van der Waals surface area contributed by atoms with Crippen LogP contribution in [0.15, 0.2) is 0 Å². The molecule has 0 bridgehead atoms. The maximum absolute atomic E-state index is 12.8. The molecule has 6 aliphatic rings. The number of esters is 1. The summed E-state index contributed by atoms with van der Waals surface area (Å²) in [6, 6.07) is 0. The van der Waals surface area contributed by atoms with E-state index in [0.29, 0.717) is 47.8 Å². The molecular weight excluding hydrogens is 620 g/mol. The number of hydrogen-bond acceptors (Lipinski definition) is 8. The van der Waals surface area contributed by atoms with Gasteiger partial charge in [0.15, 0.2) is 12.6 Å². The molecule has 3 unspecified atom stereocenters. The van der Waals surface area contributed by atoms with Crippen molar-refractivity contribution in [2.45, 2.75) is 169 Å². The number of hydrogen-bond donors (Lipinski definition) is 0. The fraction of sp³-hybridized carbons (Fsp3) is 0.927. The molecule has 4 saturated carbocycles. The monoisotopic (exact) mass is 686 g/mol. The predicted octanol–water partition coefficient (Wildman–Crippen LogP) is 8.22. The normalized spacial score (nSPS) is 42.7. The number of fused-ring (bicyclic) bond motifs is 5. The standard InChI is InChI=1S/C41H66O8/c1-6-29-33-25-28(48-35-12-8-10-22-46-35)18-20-41(33,5)32-19-21-40(4)30(26(3)14-15-27(42)24-34(43)39(44)45-7-2)16-17-31(40)37(32)38(29)49-36-13-9-11-23-47-36/h26,28-33,35-38H,6-25H2,1-5H3/t26-,28-,29-,30-,31+,32+,33+,35?,36?,37+,38?,40-,41-/m1/s1. The number of carbonyl (C=O) groups is 3. The molecule has 4 aliphatic carbocycles. The summed E-state index contributed by atoms with van der Waals surface area (Å²) < 4.78 is 31.1. The van der Waals surface area contributed by atoms with Crippen molar-refractivity contribution in [1.29, 1.82) is 0 Å². The van der Waals surface area contributed by atoms with Gasteiger partial charge in [-0.05, 0) is 149 Å². The maximum atomic E-state index is 12.8. The van der Waals surface area contributed by atoms with E-state index >= 15 is 0 Å². The lowest BCUT2D eigenvalue weighted by Crippen LogP contribution is -2.63. The van der Waals surface area contributed by atoms with Gasteiger partial charge in [0, 0.05) is 19.6 Å². The lowest BCUT2D eigenvalue weighted by Gasteiger charge is -2.66. The van der Waals surface area contributed by atoms with Crippen LogP contribution in [0.1, 0.15) is 144 Å². The summed E-state index contributed by atoms with van der Waals surface area (Å²) in [4.78, 5) is 36.7. The van der Waals surface area contributed by atoms with Crippen LogP contribution in [0.25, 0.3) is 0 Å². The molecule has 49 heavy (non-hydrogen) atoms. The number of carbonyl (C=O) groups excluding carboxylic acids is 3. The molecule has 0 aromatic heterocycles. The van der Waals surface area contributed by atoms with Crippen molar-refractivity contribution in [3.63, 3.8) is 0 Å². The Kier molecular flexibility index (Phi) is 12.3. The average molecular weight is 687 g/mol. The Morgan fingerprint density at radius 3 is 2.12 bits per heavy atom. The third kappa shape index (κ3) is 7.74. The number of Topliss-reactive ketones (excluding diaryl/α,β-unsaturated/α-hetero) is 2. The molecule has 0 radical (unpaired) electrons. The minimum absolute atomic E-state index is 0.0386. The van der Waals surface area contributed by atoms with Crippen molar-refractivity contribution in [2.24, 2.45) is 52.3 Å². The Balaban J connectivity index is 1.19. The van der Waals surface area contributed by atoms with Gasteiger partial charge in [-0.1, -0.05) is 34.1 Å². The zero-order valence-electron chi connectivity index (χ0n) is 31.3.